The van der Waals surface area contributed by atoms with Crippen LogP contribution in [0.2, 0.25) is 0 Å². The number of halogens is 13. The molecule has 1 N–H and O–H groups in total. The Morgan fingerprint density at radius 1 is 0.620 bits per heavy atom. The first-order valence-corrected chi connectivity index (χ1v) is 14.2. The van der Waals surface area contributed by atoms with Gasteiger partial charge < -0.3 is 10.2 Å². The van der Waals surface area contributed by atoms with Crippen LogP contribution in [0.4, 0.5) is 57.1 Å². The maximum atomic E-state index is 13.5. The minimum absolute atomic E-state index is 0.0396. The monoisotopic (exact) mass is 726 g/mol. The molecule has 0 aliphatic rings. The van der Waals surface area contributed by atoms with Crippen molar-refractivity contribution < 1.29 is 61.9 Å². The number of aryl methyl sites for hydroxylation is 1. The Labute approximate surface area is 277 Å². The van der Waals surface area contributed by atoms with Crippen LogP contribution in [-0.2, 0) is 37.8 Å². The lowest BCUT2D eigenvalue weighted by molar-refractivity contribution is -0.144. The van der Waals surface area contributed by atoms with E-state index in [-0.39, 0.29) is 35.4 Å². The summed E-state index contributed by atoms with van der Waals surface area (Å²) in [6.45, 7) is 1.11. The number of amides is 1. The number of hydrogen-bond acceptors (Lipinski definition) is 2. The molecule has 0 radical (unpaired) electrons. The van der Waals surface area contributed by atoms with E-state index in [0.29, 0.717) is 41.0 Å². The van der Waals surface area contributed by atoms with E-state index in [1.54, 1.807) is 25.1 Å². The van der Waals surface area contributed by atoms with Gasteiger partial charge in [-0.1, -0.05) is 24.3 Å². The van der Waals surface area contributed by atoms with E-state index < -0.39 is 65.2 Å². The lowest BCUT2D eigenvalue weighted by Gasteiger charge is -2.21. The van der Waals surface area contributed by atoms with Crippen LogP contribution in [0.25, 0.3) is 11.1 Å². The second-order valence-corrected chi connectivity index (χ2v) is 11.0. The van der Waals surface area contributed by atoms with E-state index >= 15 is 0 Å². The van der Waals surface area contributed by atoms with Gasteiger partial charge in [-0.05, 0) is 96.4 Å². The average Bonchev–Trinajstić information content (AvgIpc) is 2.99. The van der Waals surface area contributed by atoms with Crippen molar-refractivity contribution in [3.05, 3.63) is 129 Å². The van der Waals surface area contributed by atoms with E-state index in [1.165, 1.54) is 38.4 Å². The summed E-state index contributed by atoms with van der Waals surface area (Å²) in [5.74, 6) is -1.07. The molecule has 4 aromatic carbocycles. The smallest absolute Gasteiger partial charge is 0.337 e. The van der Waals surface area contributed by atoms with Gasteiger partial charge in [-0.2, -0.15) is 52.7 Å². The molecule has 4 aromatic rings. The maximum Gasteiger partial charge on any atom is 0.416 e. The SMILES string of the molecule is CNCc1cc(C(F)(F)F)cc(C(F)(F)F)c1.Cc1cc(F)ccc1-c1ccccc1C(=O)N(C)Cc1cc(C(F)(F)F)cc(C(F)(F)F)c1. The summed E-state index contributed by atoms with van der Waals surface area (Å²) in [7, 11) is 2.72. The summed E-state index contributed by atoms with van der Waals surface area (Å²) in [4.78, 5) is 14.1. The molecule has 0 aliphatic heterocycles. The van der Waals surface area contributed by atoms with Crippen LogP contribution in [0, 0.1) is 12.7 Å². The van der Waals surface area contributed by atoms with E-state index in [2.05, 4.69) is 5.32 Å². The Morgan fingerprint density at radius 2 is 1.06 bits per heavy atom. The third-order valence-corrected chi connectivity index (χ3v) is 7.08. The number of carbonyl (C=O) groups excluding carboxylic acids is 1. The molecule has 0 saturated carbocycles. The molecule has 0 bridgehead atoms. The van der Waals surface area contributed by atoms with Gasteiger partial charge in [0.25, 0.3) is 5.91 Å². The van der Waals surface area contributed by atoms with Gasteiger partial charge in [0.15, 0.2) is 0 Å². The number of alkyl halides is 12. The highest BCUT2D eigenvalue weighted by Crippen LogP contribution is 2.38. The Bertz CT molecular complexity index is 1740. The number of benzene rings is 4. The van der Waals surface area contributed by atoms with Crippen molar-refractivity contribution in [3.8, 4) is 11.1 Å². The zero-order valence-corrected chi connectivity index (χ0v) is 26.2. The molecule has 16 heteroatoms. The predicted molar refractivity (Wildman–Crippen MR) is 158 cm³/mol. The standard InChI is InChI=1S/C24H18F7NO.C10H9F6N/c1-14-9-18(25)7-8-19(14)20-5-3-4-6-21(20)22(33)32(2)13-15-10-16(23(26,27)28)12-17(11-15)24(29,30)31;1-17-5-6-2-7(9(11,12)13)4-8(3-6)10(14,15)16/h3-12H,13H2,1-2H3;2-4,17H,5H2,1H3. The summed E-state index contributed by atoms with van der Waals surface area (Å²) in [6, 6.07) is 13.1. The van der Waals surface area contributed by atoms with Gasteiger partial charge in [0.2, 0.25) is 0 Å². The minimum atomic E-state index is -4.98. The first-order chi connectivity index (χ1) is 22.9. The molecule has 0 saturated heterocycles. The second kappa shape index (κ2) is 15.1. The topological polar surface area (TPSA) is 32.3 Å². The molecular weight excluding hydrogens is 699 g/mol. The molecule has 50 heavy (non-hydrogen) atoms. The Morgan fingerprint density at radius 3 is 1.48 bits per heavy atom. The van der Waals surface area contributed by atoms with Gasteiger partial charge in [0.05, 0.1) is 22.3 Å². The molecule has 0 atom stereocenters. The van der Waals surface area contributed by atoms with Crippen molar-refractivity contribution in [1.82, 2.24) is 10.2 Å². The van der Waals surface area contributed by atoms with Gasteiger partial charge in [0.1, 0.15) is 5.82 Å². The molecule has 0 unspecified atom stereocenters. The van der Waals surface area contributed by atoms with Gasteiger partial charge >= 0.3 is 24.7 Å². The summed E-state index contributed by atoms with van der Waals surface area (Å²) < 4.78 is 167. The number of hydrogen-bond donors (Lipinski definition) is 1. The summed E-state index contributed by atoms with van der Waals surface area (Å²) in [5, 5.41) is 2.51. The summed E-state index contributed by atoms with van der Waals surface area (Å²) >= 11 is 0. The van der Waals surface area contributed by atoms with Crippen molar-refractivity contribution in [2.45, 2.75) is 44.7 Å². The summed E-state index contributed by atoms with van der Waals surface area (Å²) in [5.41, 5.74) is -4.08. The molecule has 0 spiro atoms. The minimum Gasteiger partial charge on any atom is -0.337 e. The molecule has 0 heterocycles. The molecule has 0 aliphatic carbocycles. The molecule has 0 aromatic heterocycles. The van der Waals surface area contributed by atoms with Gasteiger partial charge in [-0.3, -0.25) is 4.79 Å². The number of nitrogens with one attached hydrogen (secondary N) is 1. The highest BCUT2D eigenvalue weighted by atomic mass is 19.4. The van der Waals surface area contributed by atoms with E-state index in [0.717, 1.165) is 4.90 Å². The molecule has 270 valence electrons. The van der Waals surface area contributed by atoms with Gasteiger partial charge in [0, 0.05) is 25.7 Å². The fourth-order valence-corrected chi connectivity index (χ4v) is 4.82. The first-order valence-electron chi connectivity index (χ1n) is 14.2. The fraction of sp³-hybridized carbons (Fsp3) is 0.265. The van der Waals surface area contributed by atoms with Crippen LogP contribution in [0.3, 0.4) is 0 Å². The third kappa shape index (κ3) is 10.5. The van der Waals surface area contributed by atoms with Gasteiger partial charge in [-0.15, -0.1) is 0 Å². The van der Waals surface area contributed by atoms with Crippen LogP contribution in [0.15, 0.2) is 78.9 Å². The van der Waals surface area contributed by atoms with Gasteiger partial charge in [-0.25, -0.2) is 4.39 Å². The van der Waals surface area contributed by atoms with Crippen molar-refractivity contribution >= 4 is 5.91 Å². The Hall–Kier alpha value is -4.60. The Kier molecular flexibility index (Phi) is 12.0. The largest absolute Gasteiger partial charge is 0.416 e. The lowest BCUT2D eigenvalue weighted by atomic mass is 9.95. The molecule has 1 amide bonds. The van der Waals surface area contributed by atoms with Crippen LogP contribution in [-0.4, -0.2) is 24.9 Å². The van der Waals surface area contributed by atoms with Crippen molar-refractivity contribution in [2.75, 3.05) is 14.1 Å². The van der Waals surface area contributed by atoms with Crippen LogP contribution in [0.5, 0.6) is 0 Å². The van der Waals surface area contributed by atoms with Crippen molar-refractivity contribution in [3.63, 3.8) is 0 Å². The third-order valence-electron chi connectivity index (χ3n) is 7.08. The predicted octanol–water partition coefficient (Wildman–Crippen LogP) is 10.6. The number of nitrogens with zero attached hydrogens (tertiary/aromatic N) is 1. The summed E-state index contributed by atoms with van der Waals surface area (Å²) in [6.07, 6.45) is -19.5. The molecular formula is C34H27F13N2O. The van der Waals surface area contributed by atoms with E-state index in [9.17, 15) is 61.9 Å². The van der Waals surface area contributed by atoms with E-state index in [4.69, 9.17) is 0 Å². The van der Waals surface area contributed by atoms with Crippen LogP contribution in [0.1, 0.15) is 49.3 Å². The zero-order valence-electron chi connectivity index (χ0n) is 26.2. The molecule has 3 nitrogen and oxygen atoms in total. The quantitative estimate of drug-likeness (QED) is 0.201. The zero-order chi connectivity index (χ0) is 37.8. The number of rotatable bonds is 6. The second-order valence-electron chi connectivity index (χ2n) is 11.0. The van der Waals surface area contributed by atoms with Crippen LogP contribution >= 0.6 is 0 Å². The lowest BCUT2D eigenvalue weighted by Crippen LogP contribution is -2.27. The fourth-order valence-electron chi connectivity index (χ4n) is 4.82. The normalized spacial score (nSPS) is 12.3. The van der Waals surface area contributed by atoms with Crippen molar-refractivity contribution in [1.29, 1.82) is 0 Å². The number of carbonyl (C=O) groups is 1. The van der Waals surface area contributed by atoms with Crippen LogP contribution < -0.4 is 5.32 Å². The van der Waals surface area contributed by atoms with E-state index in [1.807, 2.05) is 0 Å². The molecule has 4 rings (SSSR count). The first kappa shape index (κ1) is 39.8. The maximum absolute atomic E-state index is 13.5. The highest BCUT2D eigenvalue weighted by Gasteiger charge is 2.38. The van der Waals surface area contributed by atoms with Crippen molar-refractivity contribution in [2.24, 2.45) is 0 Å². The Balaban J connectivity index is 0.000000335. The average molecular weight is 727 g/mol. The highest BCUT2D eigenvalue weighted by molar-refractivity contribution is 6.01. The molecule has 0 fully saturated rings.